The number of likely N-dealkylation sites (tertiary alicyclic amines) is 1. The maximum absolute atomic E-state index is 12.5. The standard InChI is InChI=1S/C22H25Cl2N5O2S/c1-12(2)26-20(30)18-10-14-19(27-22(25)28-21(14)32-18)13-9-17(16(24)11-15(13)23)31-8-7-29-5-3-4-6-29/h9-12H,3-8H2,1-2H3,(H,26,30)(H2,25,27,28). The Balaban J connectivity index is 1.67. The summed E-state index contributed by atoms with van der Waals surface area (Å²) in [6.45, 7) is 7.40. The third kappa shape index (κ3) is 5.09. The highest BCUT2D eigenvalue weighted by Crippen LogP contribution is 2.40. The summed E-state index contributed by atoms with van der Waals surface area (Å²) in [5.74, 6) is 0.469. The van der Waals surface area contributed by atoms with Gasteiger partial charge in [0.2, 0.25) is 5.95 Å². The number of carbonyl (C=O) groups is 1. The zero-order valence-electron chi connectivity index (χ0n) is 18.0. The van der Waals surface area contributed by atoms with Gasteiger partial charge in [0.1, 0.15) is 17.2 Å². The van der Waals surface area contributed by atoms with Gasteiger partial charge < -0.3 is 15.8 Å². The highest BCUT2D eigenvalue weighted by molar-refractivity contribution is 7.20. The van der Waals surface area contributed by atoms with Crippen molar-refractivity contribution >= 4 is 56.6 Å². The Bertz CT molecular complexity index is 1150. The number of nitrogen functional groups attached to an aromatic ring is 1. The molecule has 3 N–H and O–H groups in total. The zero-order valence-corrected chi connectivity index (χ0v) is 20.3. The predicted molar refractivity (Wildman–Crippen MR) is 131 cm³/mol. The van der Waals surface area contributed by atoms with Crippen molar-refractivity contribution in [3.63, 3.8) is 0 Å². The lowest BCUT2D eigenvalue weighted by molar-refractivity contribution is 0.0947. The van der Waals surface area contributed by atoms with Crippen molar-refractivity contribution in [3.8, 4) is 17.0 Å². The van der Waals surface area contributed by atoms with Crippen LogP contribution in [0.5, 0.6) is 5.75 Å². The molecule has 0 bridgehead atoms. The average molecular weight is 494 g/mol. The molecule has 32 heavy (non-hydrogen) atoms. The molecule has 0 atom stereocenters. The molecule has 1 aliphatic rings. The Hall–Kier alpha value is -2.13. The van der Waals surface area contributed by atoms with Gasteiger partial charge in [-0.05, 0) is 58.0 Å². The molecule has 7 nitrogen and oxygen atoms in total. The molecule has 1 saturated heterocycles. The molecule has 1 aromatic carbocycles. The van der Waals surface area contributed by atoms with Crippen LogP contribution >= 0.6 is 34.5 Å². The summed E-state index contributed by atoms with van der Waals surface area (Å²) >= 11 is 14.2. The van der Waals surface area contributed by atoms with Gasteiger partial charge in [0, 0.05) is 23.5 Å². The minimum atomic E-state index is -0.166. The zero-order chi connectivity index (χ0) is 22.8. The lowest BCUT2D eigenvalue weighted by Crippen LogP contribution is -2.29. The summed E-state index contributed by atoms with van der Waals surface area (Å²) in [5.41, 5.74) is 7.14. The average Bonchev–Trinajstić information content (AvgIpc) is 3.38. The number of nitrogens with zero attached hydrogens (tertiary/aromatic N) is 3. The fourth-order valence-electron chi connectivity index (χ4n) is 3.70. The highest BCUT2D eigenvalue weighted by atomic mass is 35.5. The number of amides is 1. The largest absolute Gasteiger partial charge is 0.491 e. The topological polar surface area (TPSA) is 93.4 Å². The molecule has 0 spiro atoms. The van der Waals surface area contributed by atoms with Gasteiger partial charge in [-0.3, -0.25) is 9.69 Å². The van der Waals surface area contributed by atoms with E-state index in [-0.39, 0.29) is 17.9 Å². The van der Waals surface area contributed by atoms with Crippen molar-refractivity contribution in [2.75, 3.05) is 32.0 Å². The summed E-state index contributed by atoms with van der Waals surface area (Å²) in [4.78, 5) is 24.8. The molecular formula is C22H25Cl2N5O2S. The summed E-state index contributed by atoms with van der Waals surface area (Å²) in [6, 6.07) is 5.22. The molecule has 3 heterocycles. The maximum Gasteiger partial charge on any atom is 0.261 e. The number of carbonyl (C=O) groups excluding carboxylic acids is 1. The SMILES string of the molecule is CC(C)NC(=O)c1cc2c(-c3cc(OCCN4CCCC4)c(Cl)cc3Cl)nc(N)nc2s1. The lowest BCUT2D eigenvalue weighted by Gasteiger charge is -2.16. The van der Waals surface area contributed by atoms with Gasteiger partial charge in [-0.2, -0.15) is 0 Å². The molecule has 170 valence electrons. The molecule has 4 rings (SSSR count). The molecule has 0 saturated carbocycles. The molecular weight excluding hydrogens is 469 g/mol. The summed E-state index contributed by atoms with van der Waals surface area (Å²) in [6.07, 6.45) is 2.46. The van der Waals surface area contributed by atoms with Gasteiger partial charge in [0.25, 0.3) is 5.91 Å². The minimum absolute atomic E-state index is 0.0225. The van der Waals surface area contributed by atoms with Gasteiger partial charge in [-0.1, -0.05) is 23.2 Å². The van der Waals surface area contributed by atoms with Gasteiger partial charge in [-0.15, -0.1) is 11.3 Å². The number of halogens is 2. The molecule has 2 aromatic heterocycles. The van der Waals surface area contributed by atoms with Crippen molar-refractivity contribution in [2.24, 2.45) is 0 Å². The number of thiophene rings is 1. The van der Waals surface area contributed by atoms with E-state index in [1.165, 1.54) is 24.2 Å². The number of anilines is 1. The molecule has 0 aliphatic carbocycles. The van der Waals surface area contributed by atoms with Crippen molar-refractivity contribution in [2.45, 2.75) is 32.7 Å². The number of nitrogens with one attached hydrogen (secondary N) is 1. The van der Waals surface area contributed by atoms with Crippen LogP contribution in [0.1, 0.15) is 36.4 Å². The second-order valence-electron chi connectivity index (χ2n) is 8.05. The number of ether oxygens (including phenoxy) is 1. The third-order valence-corrected chi connectivity index (χ3v) is 6.83. The Morgan fingerprint density at radius 1 is 1.22 bits per heavy atom. The van der Waals surface area contributed by atoms with Gasteiger partial charge in [-0.25, -0.2) is 9.97 Å². The highest BCUT2D eigenvalue weighted by Gasteiger charge is 2.20. The molecule has 0 radical (unpaired) electrons. The van der Waals surface area contributed by atoms with E-state index >= 15 is 0 Å². The Kier molecular flexibility index (Phi) is 7.05. The smallest absolute Gasteiger partial charge is 0.261 e. The van der Waals surface area contributed by atoms with Crippen LogP contribution in [-0.2, 0) is 0 Å². The second-order valence-corrected chi connectivity index (χ2v) is 9.89. The van der Waals surface area contributed by atoms with Gasteiger partial charge in [0.15, 0.2) is 0 Å². The van der Waals surface area contributed by atoms with Gasteiger partial charge >= 0.3 is 0 Å². The summed E-state index contributed by atoms with van der Waals surface area (Å²) < 4.78 is 5.98. The Morgan fingerprint density at radius 3 is 2.69 bits per heavy atom. The first-order valence-corrected chi connectivity index (χ1v) is 12.1. The van der Waals surface area contributed by atoms with Crippen LogP contribution in [0.3, 0.4) is 0 Å². The number of hydrogen-bond donors (Lipinski definition) is 2. The fraction of sp³-hybridized carbons (Fsp3) is 0.409. The number of aromatic nitrogens is 2. The Labute approximate surface area is 200 Å². The van der Waals surface area contributed by atoms with E-state index in [1.807, 2.05) is 13.8 Å². The first-order valence-electron chi connectivity index (χ1n) is 10.5. The quantitative estimate of drug-likeness (QED) is 0.487. The van der Waals surface area contributed by atoms with E-state index in [4.69, 9.17) is 33.7 Å². The number of rotatable bonds is 7. The molecule has 10 heteroatoms. The van der Waals surface area contributed by atoms with Crippen molar-refractivity contribution in [1.82, 2.24) is 20.2 Å². The van der Waals surface area contributed by atoms with Crippen molar-refractivity contribution in [3.05, 3.63) is 33.1 Å². The van der Waals surface area contributed by atoms with Crippen molar-refractivity contribution < 1.29 is 9.53 Å². The predicted octanol–water partition coefficient (Wildman–Crippen LogP) is 4.86. The lowest BCUT2D eigenvalue weighted by atomic mass is 10.1. The van der Waals surface area contributed by atoms with E-state index in [9.17, 15) is 4.79 Å². The van der Waals surface area contributed by atoms with Crippen LogP contribution in [-0.4, -0.2) is 53.1 Å². The maximum atomic E-state index is 12.5. The first-order chi connectivity index (χ1) is 15.3. The molecule has 3 aromatic rings. The van der Waals surface area contributed by atoms with Crippen LogP contribution in [0.2, 0.25) is 10.0 Å². The van der Waals surface area contributed by atoms with E-state index in [2.05, 4.69) is 20.2 Å². The molecule has 1 fully saturated rings. The number of benzene rings is 1. The van der Waals surface area contributed by atoms with E-state index in [0.717, 1.165) is 19.6 Å². The van der Waals surface area contributed by atoms with E-state index in [1.54, 1.807) is 18.2 Å². The molecule has 0 unspecified atom stereocenters. The van der Waals surface area contributed by atoms with Crippen LogP contribution in [0.4, 0.5) is 5.95 Å². The normalized spacial score (nSPS) is 14.4. The van der Waals surface area contributed by atoms with Crippen LogP contribution in [0.15, 0.2) is 18.2 Å². The molecule has 1 amide bonds. The van der Waals surface area contributed by atoms with Crippen molar-refractivity contribution in [1.29, 1.82) is 0 Å². The molecule has 1 aliphatic heterocycles. The van der Waals surface area contributed by atoms with Gasteiger partial charge in [0.05, 0.1) is 20.6 Å². The third-order valence-electron chi connectivity index (χ3n) is 5.19. The van der Waals surface area contributed by atoms with Crippen LogP contribution in [0.25, 0.3) is 21.5 Å². The summed E-state index contributed by atoms with van der Waals surface area (Å²) in [7, 11) is 0. The second kappa shape index (κ2) is 9.79. The number of hydrogen-bond acceptors (Lipinski definition) is 7. The monoisotopic (exact) mass is 493 g/mol. The van der Waals surface area contributed by atoms with Crippen LogP contribution < -0.4 is 15.8 Å². The number of nitrogens with two attached hydrogens (primary N) is 1. The number of fused-ring (bicyclic) bond motifs is 1. The van der Waals surface area contributed by atoms with Crippen LogP contribution in [0, 0.1) is 0 Å². The van der Waals surface area contributed by atoms with E-state index < -0.39 is 0 Å². The first kappa shape index (κ1) is 23.0. The minimum Gasteiger partial charge on any atom is -0.491 e. The summed E-state index contributed by atoms with van der Waals surface area (Å²) in [5, 5.41) is 4.44. The van der Waals surface area contributed by atoms with E-state index in [0.29, 0.717) is 48.8 Å². The fourth-order valence-corrected chi connectivity index (χ4v) is 5.17. The Morgan fingerprint density at radius 2 is 1.97 bits per heavy atom.